The zero-order chi connectivity index (χ0) is 16.6. The monoisotopic (exact) mass is 380 g/mol. The minimum atomic E-state index is -4.14. The second kappa shape index (κ2) is 6.02. The first kappa shape index (κ1) is 18.1. The number of halogens is 2. The highest BCUT2D eigenvalue weighted by Crippen LogP contribution is 2.29. The lowest BCUT2D eigenvalue weighted by atomic mass is 9.99. The van der Waals surface area contributed by atoms with E-state index in [2.05, 4.69) is 15.9 Å². The van der Waals surface area contributed by atoms with Gasteiger partial charge in [-0.25, -0.2) is 17.9 Å². The molecule has 5 nitrogen and oxygen atoms in total. The molecule has 0 heterocycles. The molecule has 0 unspecified atom stereocenters. The van der Waals surface area contributed by atoms with Gasteiger partial charge in [0.1, 0.15) is 5.82 Å². The second-order valence-corrected chi connectivity index (χ2v) is 7.66. The summed E-state index contributed by atoms with van der Waals surface area (Å²) in [6, 6.07) is 1.77. The van der Waals surface area contributed by atoms with E-state index >= 15 is 0 Å². The lowest BCUT2D eigenvalue weighted by Crippen LogP contribution is -2.44. The fourth-order valence-corrected chi connectivity index (χ4v) is 3.33. The fourth-order valence-electron chi connectivity index (χ4n) is 1.62. The highest BCUT2D eigenvalue weighted by atomic mass is 79.9. The maximum atomic E-state index is 13.6. The zero-order valence-corrected chi connectivity index (χ0v) is 14.7. The Hall–Kier alpha value is -0.990. The molecule has 1 aromatic rings. The van der Waals surface area contributed by atoms with Crippen molar-refractivity contribution < 1.29 is 17.6 Å². The van der Waals surface area contributed by atoms with Crippen LogP contribution in [0.4, 0.5) is 4.39 Å². The lowest BCUT2D eigenvalue weighted by Gasteiger charge is -2.35. The van der Waals surface area contributed by atoms with Crippen LogP contribution in [0.2, 0.25) is 0 Å². The molecule has 0 bridgehead atoms. The quantitative estimate of drug-likeness (QED) is 0.870. The molecular formula is C13H18BrFN2O3S. The number of amides is 1. The minimum Gasteiger partial charge on any atom is -0.337 e. The number of hydrogen-bond acceptors (Lipinski definition) is 3. The van der Waals surface area contributed by atoms with Gasteiger partial charge in [-0.15, -0.1) is 0 Å². The topological polar surface area (TPSA) is 80.5 Å². The highest BCUT2D eigenvalue weighted by Gasteiger charge is 2.29. The van der Waals surface area contributed by atoms with E-state index in [1.807, 2.05) is 20.8 Å². The number of nitrogens with zero attached hydrogens (tertiary/aromatic N) is 1. The van der Waals surface area contributed by atoms with Crippen molar-refractivity contribution in [1.29, 1.82) is 0 Å². The summed E-state index contributed by atoms with van der Waals surface area (Å²) in [6.45, 7) is 5.64. The Balaban J connectivity index is 3.45. The van der Waals surface area contributed by atoms with E-state index < -0.39 is 32.2 Å². The van der Waals surface area contributed by atoms with Gasteiger partial charge >= 0.3 is 0 Å². The molecule has 0 saturated heterocycles. The van der Waals surface area contributed by atoms with Gasteiger partial charge < -0.3 is 4.90 Å². The summed E-state index contributed by atoms with van der Waals surface area (Å²) in [7, 11) is -2.55. The van der Waals surface area contributed by atoms with Gasteiger partial charge in [-0.3, -0.25) is 4.79 Å². The molecule has 0 atom stereocenters. The van der Waals surface area contributed by atoms with Gasteiger partial charge in [-0.05, 0) is 48.3 Å². The first-order chi connectivity index (χ1) is 9.41. The van der Waals surface area contributed by atoms with Crippen LogP contribution in [0.15, 0.2) is 21.5 Å². The van der Waals surface area contributed by atoms with Crippen LogP contribution in [-0.4, -0.2) is 31.8 Å². The fraction of sp³-hybridized carbons (Fsp3) is 0.462. The van der Waals surface area contributed by atoms with Crippen LogP contribution < -0.4 is 5.14 Å². The Bertz CT molecular complexity index is 674. The van der Waals surface area contributed by atoms with Crippen molar-refractivity contribution in [3.8, 4) is 0 Å². The maximum absolute atomic E-state index is 13.6. The first-order valence-electron chi connectivity index (χ1n) is 6.22. The summed E-state index contributed by atoms with van der Waals surface area (Å²) >= 11 is 3.04. The average Bonchev–Trinajstić information content (AvgIpc) is 2.38. The molecule has 0 radical (unpaired) electrons. The first-order valence-corrected chi connectivity index (χ1v) is 8.55. The second-order valence-electron chi connectivity index (χ2n) is 5.34. The number of carbonyl (C=O) groups is 1. The maximum Gasteiger partial charge on any atom is 0.255 e. The Morgan fingerprint density at radius 1 is 1.43 bits per heavy atom. The van der Waals surface area contributed by atoms with E-state index in [0.717, 1.165) is 12.1 Å². The molecule has 0 aromatic heterocycles. The predicted octanol–water partition coefficient (Wildman–Crippen LogP) is 2.50. The Kier molecular flexibility index (Phi) is 5.18. The normalized spacial score (nSPS) is 12.3. The number of benzene rings is 1. The third-order valence-electron chi connectivity index (χ3n) is 3.62. The van der Waals surface area contributed by atoms with Gasteiger partial charge in [0.05, 0.1) is 14.9 Å². The highest BCUT2D eigenvalue weighted by molar-refractivity contribution is 9.10. The smallest absolute Gasteiger partial charge is 0.255 e. The van der Waals surface area contributed by atoms with E-state index in [-0.39, 0.29) is 10.0 Å². The van der Waals surface area contributed by atoms with Gasteiger partial charge in [0, 0.05) is 12.6 Å². The molecule has 0 aliphatic heterocycles. The largest absolute Gasteiger partial charge is 0.337 e. The molecule has 0 fully saturated rings. The van der Waals surface area contributed by atoms with Crippen molar-refractivity contribution >= 4 is 31.9 Å². The van der Waals surface area contributed by atoms with Crippen LogP contribution >= 0.6 is 15.9 Å². The molecule has 0 aliphatic rings. The van der Waals surface area contributed by atoms with Crippen molar-refractivity contribution in [2.24, 2.45) is 5.14 Å². The Labute approximate surface area is 132 Å². The number of carbonyl (C=O) groups excluding carboxylic acids is 1. The number of sulfonamides is 1. The van der Waals surface area contributed by atoms with Crippen LogP contribution in [0, 0.1) is 5.82 Å². The summed E-state index contributed by atoms with van der Waals surface area (Å²) in [5.41, 5.74) is -0.534. The zero-order valence-electron chi connectivity index (χ0n) is 12.3. The van der Waals surface area contributed by atoms with Crippen LogP contribution in [0.5, 0.6) is 0 Å². The molecule has 1 amide bonds. The number of rotatable bonds is 4. The van der Waals surface area contributed by atoms with E-state index in [0.29, 0.717) is 6.42 Å². The standard InChI is InChI=1S/C13H18BrFN2O3S/c1-5-13(2,3)17(4)12(18)9-6-8(15)7-10(11(9)14)21(16,19)20/h6-7H,5H2,1-4H3,(H2,16,19,20). The van der Waals surface area contributed by atoms with Gasteiger partial charge in [0.25, 0.3) is 5.91 Å². The van der Waals surface area contributed by atoms with Crippen LogP contribution in [0.3, 0.4) is 0 Å². The van der Waals surface area contributed by atoms with Crippen molar-refractivity contribution in [3.63, 3.8) is 0 Å². The molecule has 8 heteroatoms. The summed E-state index contributed by atoms with van der Waals surface area (Å²) in [5.74, 6) is -1.33. The summed E-state index contributed by atoms with van der Waals surface area (Å²) < 4.78 is 36.5. The summed E-state index contributed by atoms with van der Waals surface area (Å²) in [6.07, 6.45) is 0.685. The number of nitrogens with two attached hydrogens (primary N) is 1. The Morgan fingerprint density at radius 3 is 2.38 bits per heavy atom. The third kappa shape index (κ3) is 3.81. The number of hydrogen-bond donors (Lipinski definition) is 1. The van der Waals surface area contributed by atoms with Gasteiger partial charge in [0.2, 0.25) is 10.0 Å². The van der Waals surface area contributed by atoms with Crippen molar-refractivity contribution in [2.45, 2.75) is 37.6 Å². The van der Waals surface area contributed by atoms with Crippen LogP contribution in [-0.2, 0) is 10.0 Å². The van der Waals surface area contributed by atoms with Gasteiger partial charge in [0.15, 0.2) is 0 Å². The van der Waals surface area contributed by atoms with Gasteiger partial charge in [-0.2, -0.15) is 0 Å². The van der Waals surface area contributed by atoms with Crippen LogP contribution in [0.1, 0.15) is 37.6 Å². The van der Waals surface area contributed by atoms with E-state index in [4.69, 9.17) is 5.14 Å². The lowest BCUT2D eigenvalue weighted by molar-refractivity contribution is 0.0618. The van der Waals surface area contributed by atoms with E-state index in [1.165, 1.54) is 4.90 Å². The molecule has 0 spiro atoms. The molecule has 1 rings (SSSR count). The van der Waals surface area contributed by atoms with Crippen molar-refractivity contribution in [3.05, 3.63) is 28.0 Å². The molecule has 2 N–H and O–H groups in total. The van der Waals surface area contributed by atoms with Crippen LogP contribution in [0.25, 0.3) is 0 Å². The Morgan fingerprint density at radius 2 is 1.95 bits per heavy atom. The van der Waals surface area contributed by atoms with E-state index in [9.17, 15) is 17.6 Å². The molecule has 0 aliphatic carbocycles. The number of primary sulfonamides is 1. The average molecular weight is 381 g/mol. The van der Waals surface area contributed by atoms with Gasteiger partial charge in [-0.1, -0.05) is 6.92 Å². The minimum absolute atomic E-state index is 0.0323. The SMILES string of the molecule is CCC(C)(C)N(C)C(=O)c1cc(F)cc(S(N)(=O)=O)c1Br. The molecular weight excluding hydrogens is 363 g/mol. The summed E-state index contributed by atoms with van der Waals surface area (Å²) in [5, 5.41) is 5.03. The molecule has 118 valence electrons. The summed E-state index contributed by atoms with van der Waals surface area (Å²) in [4.78, 5) is 13.5. The van der Waals surface area contributed by atoms with Crippen molar-refractivity contribution in [1.82, 2.24) is 4.90 Å². The van der Waals surface area contributed by atoms with Crippen molar-refractivity contribution in [2.75, 3.05) is 7.05 Å². The molecule has 0 saturated carbocycles. The third-order valence-corrected chi connectivity index (χ3v) is 5.67. The molecule has 21 heavy (non-hydrogen) atoms. The van der Waals surface area contributed by atoms with E-state index in [1.54, 1.807) is 7.05 Å². The molecule has 1 aromatic carbocycles. The predicted molar refractivity (Wildman–Crippen MR) is 81.9 cm³/mol.